The van der Waals surface area contributed by atoms with Gasteiger partial charge in [0, 0.05) is 5.56 Å². The number of carbonyl (C=O) groups is 1. The number of anilines is 1. The minimum atomic E-state index is -0.335. The van der Waals surface area contributed by atoms with Crippen LogP contribution in [-0.4, -0.2) is 12.5 Å². The van der Waals surface area contributed by atoms with E-state index in [0.29, 0.717) is 17.9 Å². The number of nitrogens with one attached hydrogen (secondary N) is 1. The molecule has 3 rings (SSSR count). The number of hydrogen-bond donors (Lipinski definition) is 1. The number of benzene rings is 2. The molecule has 1 heterocycles. The van der Waals surface area contributed by atoms with E-state index < -0.39 is 0 Å². The van der Waals surface area contributed by atoms with Crippen molar-refractivity contribution in [1.82, 2.24) is 0 Å². The molecule has 1 atom stereocenters. The molecule has 0 spiro atoms. The standard InChI is InChI=1S/C16H12N2O2/c17-9-11-5-1-3-7-14(11)18-16(19)13-10-20-15-8-4-2-6-12(13)15/h1-8,13H,10H2,(H,18,19). The van der Waals surface area contributed by atoms with Crippen molar-refractivity contribution in [1.29, 1.82) is 5.26 Å². The third kappa shape index (κ3) is 2.10. The van der Waals surface area contributed by atoms with E-state index in [9.17, 15) is 4.79 Å². The van der Waals surface area contributed by atoms with Gasteiger partial charge in [0.2, 0.25) is 5.91 Å². The van der Waals surface area contributed by atoms with Gasteiger partial charge in [-0.25, -0.2) is 0 Å². The smallest absolute Gasteiger partial charge is 0.235 e. The lowest BCUT2D eigenvalue weighted by Gasteiger charge is -2.11. The molecule has 0 aromatic heterocycles. The van der Waals surface area contributed by atoms with Gasteiger partial charge in [-0.15, -0.1) is 0 Å². The van der Waals surface area contributed by atoms with Gasteiger partial charge in [-0.1, -0.05) is 30.3 Å². The van der Waals surface area contributed by atoms with Gasteiger partial charge in [-0.2, -0.15) is 5.26 Å². The SMILES string of the molecule is N#Cc1ccccc1NC(=O)C1COc2ccccc21. The summed E-state index contributed by atoms with van der Waals surface area (Å²) < 4.78 is 5.50. The minimum absolute atomic E-state index is 0.155. The molecule has 1 N–H and O–H groups in total. The van der Waals surface area contributed by atoms with Crippen LogP contribution in [0.15, 0.2) is 48.5 Å². The maximum atomic E-state index is 12.3. The summed E-state index contributed by atoms with van der Waals surface area (Å²) in [6.07, 6.45) is 0. The number of nitrogens with zero attached hydrogens (tertiary/aromatic N) is 1. The Bertz CT molecular complexity index is 704. The van der Waals surface area contributed by atoms with E-state index in [1.54, 1.807) is 24.3 Å². The molecular formula is C16H12N2O2. The number of carbonyl (C=O) groups excluding carboxylic acids is 1. The van der Waals surface area contributed by atoms with E-state index in [2.05, 4.69) is 11.4 Å². The maximum absolute atomic E-state index is 12.3. The number of fused-ring (bicyclic) bond motifs is 1. The van der Waals surface area contributed by atoms with Gasteiger partial charge in [0.15, 0.2) is 0 Å². The molecule has 1 unspecified atom stereocenters. The molecule has 0 bridgehead atoms. The number of hydrogen-bond acceptors (Lipinski definition) is 3. The first-order valence-corrected chi connectivity index (χ1v) is 6.31. The Morgan fingerprint density at radius 1 is 1.20 bits per heavy atom. The first kappa shape index (κ1) is 12.2. The zero-order chi connectivity index (χ0) is 13.9. The predicted octanol–water partition coefficient (Wildman–Crippen LogP) is 2.67. The van der Waals surface area contributed by atoms with Gasteiger partial charge in [0.05, 0.1) is 11.3 Å². The van der Waals surface area contributed by atoms with Crippen LogP contribution in [0.25, 0.3) is 0 Å². The normalized spacial score (nSPS) is 15.8. The molecular weight excluding hydrogens is 252 g/mol. The largest absolute Gasteiger partial charge is 0.492 e. The monoisotopic (exact) mass is 264 g/mol. The molecule has 4 heteroatoms. The second-order valence-corrected chi connectivity index (χ2v) is 4.55. The fourth-order valence-corrected chi connectivity index (χ4v) is 2.29. The van der Waals surface area contributed by atoms with Gasteiger partial charge in [-0.05, 0) is 18.2 Å². The molecule has 0 fully saturated rings. The quantitative estimate of drug-likeness (QED) is 0.907. The molecule has 2 aromatic rings. The summed E-state index contributed by atoms with van der Waals surface area (Å²) in [5, 5.41) is 11.8. The van der Waals surface area contributed by atoms with Crippen molar-refractivity contribution in [3.63, 3.8) is 0 Å². The average molecular weight is 264 g/mol. The predicted molar refractivity (Wildman–Crippen MR) is 74.5 cm³/mol. The van der Waals surface area contributed by atoms with Crippen LogP contribution in [0.2, 0.25) is 0 Å². The van der Waals surface area contributed by atoms with Crippen LogP contribution in [0.5, 0.6) is 5.75 Å². The fourth-order valence-electron chi connectivity index (χ4n) is 2.29. The average Bonchev–Trinajstić information content (AvgIpc) is 2.92. The summed E-state index contributed by atoms with van der Waals surface area (Å²) in [7, 11) is 0. The summed E-state index contributed by atoms with van der Waals surface area (Å²) in [5.41, 5.74) is 1.87. The van der Waals surface area contributed by atoms with Crippen molar-refractivity contribution in [2.75, 3.05) is 11.9 Å². The van der Waals surface area contributed by atoms with Crippen molar-refractivity contribution in [3.05, 3.63) is 59.7 Å². The molecule has 4 nitrogen and oxygen atoms in total. The van der Waals surface area contributed by atoms with Crippen LogP contribution in [0.3, 0.4) is 0 Å². The number of para-hydroxylation sites is 2. The highest BCUT2D eigenvalue weighted by molar-refractivity contribution is 5.97. The van der Waals surface area contributed by atoms with E-state index in [-0.39, 0.29) is 11.8 Å². The molecule has 0 aliphatic carbocycles. The fraction of sp³-hybridized carbons (Fsp3) is 0.125. The van der Waals surface area contributed by atoms with Crippen LogP contribution < -0.4 is 10.1 Å². The van der Waals surface area contributed by atoms with E-state index in [0.717, 1.165) is 11.3 Å². The summed E-state index contributed by atoms with van der Waals surface area (Å²) in [6, 6.07) is 16.5. The minimum Gasteiger partial charge on any atom is -0.492 e. The molecule has 0 saturated heterocycles. The molecule has 1 aliphatic rings. The van der Waals surface area contributed by atoms with Gasteiger partial charge >= 0.3 is 0 Å². The maximum Gasteiger partial charge on any atom is 0.235 e. The van der Waals surface area contributed by atoms with Crippen molar-refractivity contribution < 1.29 is 9.53 Å². The first-order chi connectivity index (χ1) is 9.79. The highest BCUT2D eigenvalue weighted by Crippen LogP contribution is 2.34. The Hall–Kier alpha value is -2.80. The zero-order valence-corrected chi connectivity index (χ0v) is 10.7. The summed E-state index contributed by atoms with van der Waals surface area (Å²) in [6.45, 7) is 0.333. The first-order valence-electron chi connectivity index (χ1n) is 6.31. The molecule has 0 saturated carbocycles. The number of rotatable bonds is 2. The van der Waals surface area contributed by atoms with Crippen LogP contribution >= 0.6 is 0 Å². The molecule has 20 heavy (non-hydrogen) atoms. The second-order valence-electron chi connectivity index (χ2n) is 4.55. The Morgan fingerprint density at radius 2 is 1.95 bits per heavy atom. The van der Waals surface area contributed by atoms with E-state index in [4.69, 9.17) is 10.00 Å². The number of ether oxygens (including phenoxy) is 1. The van der Waals surface area contributed by atoms with Gasteiger partial charge in [0.25, 0.3) is 0 Å². The van der Waals surface area contributed by atoms with Gasteiger partial charge < -0.3 is 10.1 Å². The Labute approximate surface area is 116 Å². The van der Waals surface area contributed by atoms with Crippen LogP contribution in [0.1, 0.15) is 17.0 Å². The van der Waals surface area contributed by atoms with Crippen molar-refractivity contribution >= 4 is 11.6 Å². The van der Waals surface area contributed by atoms with Crippen LogP contribution in [0, 0.1) is 11.3 Å². The lowest BCUT2D eigenvalue weighted by molar-refractivity contribution is -0.117. The van der Waals surface area contributed by atoms with E-state index in [1.807, 2.05) is 24.3 Å². The van der Waals surface area contributed by atoms with E-state index >= 15 is 0 Å². The van der Waals surface area contributed by atoms with E-state index in [1.165, 1.54) is 0 Å². The van der Waals surface area contributed by atoms with Gasteiger partial charge in [-0.3, -0.25) is 4.79 Å². The molecule has 98 valence electrons. The zero-order valence-electron chi connectivity index (χ0n) is 10.7. The highest BCUT2D eigenvalue weighted by atomic mass is 16.5. The summed E-state index contributed by atoms with van der Waals surface area (Å²) >= 11 is 0. The molecule has 0 radical (unpaired) electrons. The van der Waals surface area contributed by atoms with Crippen LogP contribution in [-0.2, 0) is 4.79 Å². The number of amides is 1. The lowest BCUT2D eigenvalue weighted by Crippen LogP contribution is -2.22. The Morgan fingerprint density at radius 3 is 2.80 bits per heavy atom. The van der Waals surface area contributed by atoms with Crippen molar-refractivity contribution in [2.45, 2.75) is 5.92 Å². The third-order valence-electron chi connectivity index (χ3n) is 3.32. The van der Waals surface area contributed by atoms with Crippen LogP contribution in [0.4, 0.5) is 5.69 Å². The van der Waals surface area contributed by atoms with Crippen molar-refractivity contribution in [3.8, 4) is 11.8 Å². The Balaban J connectivity index is 1.83. The molecule has 2 aromatic carbocycles. The topological polar surface area (TPSA) is 62.1 Å². The highest BCUT2D eigenvalue weighted by Gasteiger charge is 2.30. The third-order valence-corrected chi connectivity index (χ3v) is 3.32. The molecule has 1 amide bonds. The Kier molecular flexibility index (Phi) is 3.10. The van der Waals surface area contributed by atoms with Gasteiger partial charge in [0.1, 0.15) is 24.3 Å². The summed E-state index contributed by atoms with van der Waals surface area (Å²) in [4.78, 5) is 12.3. The number of nitriles is 1. The second kappa shape index (κ2) is 5.06. The van der Waals surface area contributed by atoms with Crippen molar-refractivity contribution in [2.24, 2.45) is 0 Å². The summed E-state index contributed by atoms with van der Waals surface area (Å²) in [5.74, 6) is 0.261. The lowest BCUT2D eigenvalue weighted by atomic mass is 10.0. The molecule has 1 aliphatic heterocycles.